The van der Waals surface area contributed by atoms with Gasteiger partial charge in [-0.2, -0.15) is 8.42 Å². The van der Waals surface area contributed by atoms with E-state index >= 15 is 0 Å². The van der Waals surface area contributed by atoms with Crippen molar-refractivity contribution in [2.24, 2.45) is 0 Å². The van der Waals surface area contributed by atoms with Crippen molar-refractivity contribution in [3.05, 3.63) is 28.8 Å². The van der Waals surface area contributed by atoms with Crippen LogP contribution in [0, 0.1) is 0 Å². The molecule has 0 aromatic heterocycles. The molecule has 0 saturated carbocycles. The van der Waals surface area contributed by atoms with Gasteiger partial charge in [0.2, 0.25) is 0 Å². The third-order valence-electron chi connectivity index (χ3n) is 3.33. The molecule has 0 spiro atoms. The molecule has 3 nitrogen and oxygen atoms in total. The van der Waals surface area contributed by atoms with Gasteiger partial charge in [-0.25, -0.2) is 0 Å². The van der Waals surface area contributed by atoms with Crippen LogP contribution in [0.25, 0.3) is 0 Å². The summed E-state index contributed by atoms with van der Waals surface area (Å²) < 4.78 is 34.4. The Morgan fingerprint density at radius 1 is 0.789 bits per heavy atom. The third kappa shape index (κ3) is 3.37. The van der Waals surface area contributed by atoms with Gasteiger partial charge in [0, 0.05) is 0 Å². The standard InChI is InChI=1S/C15H23O3S/c1-9(2)12-7-8-13(19(16,17)18)15(11(5)6)14(12)10(3)4/h7-11H,1-6H3. The van der Waals surface area contributed by atoms with Gasteiger partial charge in [-0.3, -0.25) is 0 Å². The van der Waals surface area contributed by atoms with Gasteiger partial charge < -0.3 is 0 Å². The molecule has 0 aliphatic carbocycles. The molecule has 0 heterocycles. The SMILES string of the molecule is CC(C)c1ccc(S([O])(=O)=O)c(C(C)C)c1C(C)C. The second kappa shape index (κ2) is 5.63. The lowest BCUT2D eigenvalue weighted by atomic mass is 9.83. The summed E-state index contributed by atoms with van der Waals surface area (Å²) in [7, 11) is -4.43. The maximum Gasteiger partial charge on any atom is 0.324 e. The summed E-state index contributed by atoms with van der Waals surface area (Å²) in [6, 6.07) is 3.26. The van der Waals surface area contributed by atoms with E-state index in [0.29, 0.717) is 11.5 Å². The van der Waals surface area contributed by atoms with Gasteiger partial charge in [-0.05, 0) is 40.5 Å². The van der Waals surface area contributed by atoms with E-state index < -0.39 is 10.1 Å². The first kappa shape index (κ1) is 16.2. The van der Waals surface area contributed by atoms with Gasteiger partial charge >= 0.3 is 10.1 Å². The summed E-state index contributed by atoms with van der Waals surface area (Å²) >= 11 is 0. The highest BCUT2D eigenvalue weighted by molar-refractivity contribution is 7.85. The first-order valence-corrected chi connectivity index (χ1v) is 8.10. The number of rotatable bonds is 4. The molecular weight excluding hydrogens is 260 g/mol. The number of hydrogen-bond donors (Lipinski definition) is 0. The molecule has 107 valence electrons. The maximum atomic E-state index is 11.5. The average Bonchev–Trinajstić information content (AvgIpc) is 2.25. The predicted molar refractivity (Wildman–Crippen MR) is 76.6 cm³/mol. The molecule has 0 saturated heterocycles. The van der Waals surface area contributed by atoms with Crippen LogP contribution in [0.15, 0.2) is 17.0 Å². The zero-order chi connectivity index (χ0) is 15.0. The Morgan fingerprint density at radius 2 is 1.26 bits per heavy atom. The maximum absolute atomic E-state index is 11.5. The van der Waals surface area contributed by atoms with Crippen molar-refractivity contribution >= 4 is 10.1 Å². The molecule has 0 atom stereocenters. The topological polar surface area (TPSA) is 54.0 Å². The molecule has 0 fully saturated rings. The summed E-state index contributed by atoms with van der Waals surface area (Å²) in [6.07, 6.45) is 0. The first-order chi connectivity index (χ1) is 8.57. The van der Waals surface area contributed by atoms with Crippen LogP contribution in [-0.4, -0.2) is 8.42 Å². The third-order valence-corrected chi connectivity index (χ3v) is 4.22. The summed E-state index contributed by atoms with van der Waals surface area (Å²) in [5.74, 6) is 0.504. The summed E-state index contributed by atoms with van der Waals surface area (Å²) in [4.78, 5) is -0.0596. The van der Waals surface area contributed by atoms with E-state index in [-0.39, 0.29) is 16.7 Å². The van der Waals surface area contributed by atoms with Crippen LogP contribution in [0.2, 0.25) is 0 Å². The normalized spacial score (nSPS) is 12.7. The van der Waals surface area contributed by atoms with Crippen molar-refractivity contribution in [1.82, 2.24) is 0 Å². The smallest absolute Gasteiger partial charge is 0.192 e. The molecule has 0 amide bonds. The second-order valence-electron chi connectivity index (χ2n) is 5.90. The van der Waals surface area contributed by atoms with Crippen molar-refractivity contribution in [3.63, 3.8) is 0 Å². The molecule has 0 bridgehead atoms. The van der Waals surface area contributed by atoms with Gasteiger partial charge in [-0.1, -0.05) is 52.2 Å². The van der Waals surface area contributed by atoms with Crippen molar-refractivity contribution in [2.45, 2.75) is 64.2 Å². The van der Waals surface area contributed by atoms with Gasteiger partial charge in [0.05, 0.1) is 0 Å². The summed E-state index contributed by atoms with van der Waals surface area (Å²) in [5.41, 5.74) is 2.84. The fourth-order valence-electron chi connectivity index (χ4n) is 2.59. The molecule has 4 heteroatoms. The average molecular weight is 283 g/mol. The Balaban J connectivity index is 3.79. The van der Waals surface area contributed by atoms with Gasteiger partial charge in [0.25, 0.3) is 0 Å². The largest absolute Gasteiger partial charge is 0.324 e. The van der Waals surface area contributed by atoms with Gasteiger partial charge in [0.15, 0.2) is 0 Å². The van der Waals surface area contributed by atoms with Crippen molar-refractivity contribution in [3.8, 4) is 0 Å². The molecule has 19 heavy (non-hydrogen) atoms. The van der Waals surface area contributed by atoms with Crippen molar-refractivity contribution in [1.29, 1.82) is 0 Å². The zero-order valence-corrected chi connectivity index (χ0v) is 13.3. The van der Waals surface area contributed by atoms with E-state index in [1.54, 1.807) is 6.07 Å². The van der Waals surface area contributed by atoms with E-state index in [0.717, 1.165) is 11.1 Å². The van der Waals surface area contributed by atoms with Crippen LogP contribution in [0.4, 0.5) is 0 Å². The molecule has 1 radical (unpaired) electrons. The van der Waals surface area contributed by atoms with E-state index in [1.807, 2.05) is 27.7 Å². The van der Waals surface area contributed by atoms with Gasteiger partial charge in [0.1, 0.15) is 4.90 Å². The van der Waals surface area contributed by atoms with Crippen LogP contribution < -0.4 is 0 Å². The molecule has 1 rings (SSSR count). The second-order valence-corrected chi connectivity index (χ2v) is 7.25. The van der Waals surface area contributed by atoms with Crippen LogP contribution in [0.1, 0.15) is 76.0 Å². The lowest BCUT2D eigenvalue weighted by Gasteiger charge is -2.24. The van der Waals surface area contributed by atoms with E-state index in [9.17, 15) is 13.0 Å². The monoisotopic (exact) mass is 283 g/mol. The minimum absolute atomic E-state index is 0.00910. The highest BCUT2D eigenvalue weighted by Gasteiger charge is 2.25. The fraction of sp³-hybridized carbons (Fsp3) is 0.600. The van der Waals surface area contributed by atoms with Crippen LogP contribution in [0.5, 0.6) is 0 Å². The molecule has 1 aromatic carbocycles. The molecule has 1 aromatic rings. The quantitative estimate of drug-likeness (QED) is 0.832. The minimum Gasteiger partial charge on any atom is -0.192 e. The van der Waals surface area contributed by atoms with Crippen molar-refractivity contribution < 1.29 is 13.0 Å². The highest BCUT2D eigenvalue weighted by Crippen LogP contribution is 2.37. The van der Waals surface area contributed by atoms with E-state index in [1.165, 1.54) is 6.07 Å². The Bertz CT molecular complexity index is 555. The Kier molecular flexibility index (Phi) is 4.80. The number of benzene rings is 1. The lowest BCUT2D eigenvalue weighted by Crippen LogP contribution is -2.11. The molecule has 0 aliphatic heterocycles. The zero-order valence-electron chi connectivity index (χ0n) is 12.5. The van der Waals surface area contributed by atoms with E-state index in [4.69, 9.17) is 0 Å². The minimum atomic E-state index is -4.43. The van der Waals surface area contributed by atoms with Crippen LogP contribution in [0.3, 0.4) is 0 Å². The Morgan fingerprint density at radius 3 is 1.58 bits per heavy atom. The number of hydrogen-bond acceptors (Lipinski definition) is 2. The van der Waals surface area contributed by atoms with Crippen LogP contribution in [-0.2, 0) is 14.7 Å². The molecule has 0 unspecified atom stereocenters. The predicted octanol–water partition coefficient (Wildman–Crippen LogP) is 4.18. The molecule has 0 aliphatic rings. The Hall–Kier alpha value is -0.870. The van der Waals surface area contributed by atoms with Crippen LogP contribution >= 0.6 is 0 Å². The fourth-order valence-corrected chi connectivity index (χ4v) is 3.44. The highest BCUT2D eigenvalue weighted by atomic mass is 32.2. The molecular formula is C15H23O3S. The van der Waals surface area contributed by atoms with E-state index in [2.05, 4.69) is 13.8 Å². The Labute approximate surface area is 116 Å². The van der Waals surface area contributed by atoms with Crippen molar-refractivity contribution in [2.75, 3.05) is 0 Å². The lowest BCUT2D eigenvalue weighted by molar-refractivity contribution is 0.412. The summed E-state index contributed by atoms with van der Waals surface area (Å²) in [6.45, 7) is 12.1. The first-order valence-electron chi connectivity index (χ1n) is 6.69. The summed E-state index contributed by atoms with van der Waals surface area (Å²) in [5, 5.41) is 0. The van der Waals surface area contributed by atoms with Gasteiger partial charge in [-0.15, -0.1) is 0 Å². The molecule has 0 N–H and O–H groups in total.